The Kier molecular flexibility index (Phi) is 8.08. The van der Waals surface area contributed by atoms with Crippen LogP contribution in [-0.4, -0.2) is 23.5 Å². The molecule has 1 aliphatic carbocycles. The Balaban J connectivity index is 1.72. The monoisotopic (exact) mass is 565 g/mol. The lowest BCUT2D eigenvalue weighted by Gasteiger charge is -2.35. The molecule has 3 unspecified atom stereocenters. The quantitative estimate of drug-likeness (QED) is 0.260. The summed E-state index contributed by atoms with van der Waals surface area (Å²) in [6.07, 6.45) is 3.17. The Morgan fingerprint density at radius 1 is 1.27 bits per heavy atom. The minimum Gasteiger partial charge on any atom is -0.493 e. The smallest absolute Gasteiger partial charge is 0.276 e. The SMILES string of the molecule is CCCC1CC(=O)C2=C(C1)N=C(C)C(C#N)C2c1cc(Br)c(OCc2ccccc2[N+](=O)[O-])c(OC)c1. The molecule has 2 aromatic carbocycles. The van der Waals surface area contributed by atoms with Crippen LogP contribution < -0.4 is 9.47 Å². The first-order chi connectivity index (χ1) is 17.8. The average molecular weight is 566 g/mol. The van der Waals surface area contributed by atoms with E-state index in [1.54, 1.807) is 24.3 Å². The number of rotatable bonds is 8. The Hall–Kier alpha value is -3.51. The van der Waals surface area contributed by atoms with Gasteiger partial charge in [0, 0.05) is 35.4 Å². The van der Waals surface area contributed by atoms with Crippen molar-refractivity contribution in [3.8, 4) is 17.6 Å². The molecule has 0 amide bonds. The number of carbonyl (C=O) groups excluding carboxylic acids is 1. The highest BCUT2D eigenvalue weighted by Gasteiger charge is 2.41. The van der Waals surface area contributed by atoms with E-state index < -0.39 is 16.8 Å². The van der Waals surface area contributed by atoms with Gasteiger partial charge < -0.3 is 9.47 Å². The molecule has 4 rings (SSSR count). The Morgan fingerprint density at radius 2 is 2.03 bits per heavy atom. The number of carbonyl (C=O) groups is 1. The van der Waals surface area contributed by atoms with Crippen LogP contribution in [0.2, 0.25) is 0 Å². The van der Waals surface area contributed by atoms with Gasteiger partial charge in [0.2, 0.25) is 0 Å². The van der Waals surface area contributed by atoms with Crippen molar-refractivity contribution in [2.75, 3.05) is 7.11 Å². The maximum Gasteiger partial charge on any atom is 0.276 e. The van der Waals surface area contributed by atoms with E-state index in [1.807, 2.05) is 13.0 Å². The fourth-order valence-corrected chi connectivity index (χ4v) is 5.87. The molecule has 1 heterocycles. The molecule has 0 radical (unpaired) electrons. The number of nitro groups is 1. The second-order valence-electron chi connectivity index (χ2n) is 9.39. The summed E-state index contributed by atoms with van der Waals surface area (Å²) in [7, 11) is 1.50. The summed E-state index contributed by atoms with van der Waals surface area (Å²) in [5.41, 5.74) is 3.25. The molecule has 2 aromatic rings. The fraction of sp³-hybridized carbons (Fsp3) is 0.393. The van der Waals surface area contributed by atoms with Gasteiger partial charge in [0.1, 0.15) is 6.61 Å². The molecule has 3 atom stereocenters. The van der Waals surface area contributed by atoms with Crippen molar-refractivity contribution >= 4 is 33.1 Å². The predicted molar refractivity (Wildman–Crippen MR) is 143 cm³/mol. The number of methoxy groups -OCH3 is 1. The maximum absolute atomic E-state index is 13.4. The number of hydrogen-bond donors (Lipinski definition) is 0. The van der Waals surface area contributed by atoms with E-state index in [9.17, 15) is 20.2 Å². The van der Waals surface area contributed by atoms with Gasteiger partial charge in [-0.25, -0.2) is 0 Å². The summed E-state index contributed by atoms with van der Waals surface area (Å²) in [5, 5.41) is 21.4. The largest absolute Gasteiger partial charge is 0.493 e. The molecule has 9 heteroatoms. The summed E-state index contributed by atoms with van der Waals surface area (Å²) in [5.74, 6) is 0.0439. The van der Waals surface area contributed by atoms with Crippen molar-refractivity contribution in [3.63, 3.8) is 0 Å². The van der Waals surface area contributed by atoms with Crippen molar-refractivity contribution in [3.05, 3.63) is 73.4 Å². The number of nitro benzene ring substituents is 1. The fourth-order valence-electron chi connectivity index (χ4n) is 5.30. The molecule has 0 saturated carbocycles. The molecule has 0 fully saturated rings. The molecule has 0 spiro atoms. The van der Waals surface area contributed by atoms with Crippen LogP contribution in [0.15, 0.2) is 57.1 Å². The van der Waals surface area contributed by atoms with Crippen LogP contribution in [0.5, 0.6) is 11.5 Å². The number of ketones is 1. The van der Waals surface area contributed by atoms with E-state index in [4.69, 9.17) is 14.5 Å². The molecule has 192 valence electrons. The van der Waals surface area contributed by atoms with Gasteiger partial charge in [-0.2, -0.15) is 5.26 Å². The number of para-hydroxylation sites is 1. The van der Waals surface area contributed by atoms with Crippen molar-refractivity contribution in [1.29, 1.82) is 5.26 Å². The van der Waals surface area contributed by atoms with Crippen LogP contribution >= 0.6 is 15.9 Å². The van der Waals surface area contributed by atoms with E-state index in [1.165, 1.54) is 13.2 Å². The molecular weight excluding hydrogens is 538 g/mol. The number of benzene rings is 2. The van der Waals surface area contributed by atoms with Crippen LogP contribution in [0.1, 0.15) is 56.6 Å². The number of halogens is 1. The van der Waals surface area contributed by atoms with Gasteiger partial charge in [0.05, 0.1) is 34.1 Å². The second kappa shape index (κ2) is 11.3. The lowest BCUT2D eigenvalue weighted by Crippen LogP contribution is -2.32. The van der Waals surface area contributed by atoms with Crippen LogP contribution in [-0.2, 0) is 11.4 Å². The van der Waals surface area contributed by atoms with E-state index in [-0.39, 0.29) is 24.0 Å². The lowest BCUT2D eigenvalue weighted by atomic mass is 9.70. The number of hydrogen-bond acceptors (Lipinski definition) is 7. The first-order valence-electron chi connectivity index (χ1n) is 12.2. The molecule has 1 aliphatic heterocycles. The zero-order valence-electron chi connectivity index (χ0n) is 21.0. The number of aliphatic imine (C=N–C) groups is 1. The van der Waals surface area contributed by atoms with Crippen molar-refractivity contribution in [1.82, 2.24) is 0 Å². The van der Waals surface area contributed by atoms with E-state index in [2.05, 4.69) is 28.9 Å². The Morgan fingerprint density at radius 3 is 2.70 bits per heavy atom. The summed E-state index contributed by atoms with van der Waals surface area (Å²) in [6.45, 7) is 3.92. The van der Waals surface area contributed by atoms with Crippen LogP contribution in [0.25, 0.3) is 0 Å². The highest BCUT2D eigenvalue weighted by atomic mass is 79.9. The van der Waals surface area contributed by atoms with Crippen molar-refractivity contribution < 1.29 is 19.2 Å². The average Bonchev–Trinajstić information content (AvgIpc) is 2.87. The highest BCUT2D eigenvalue weighted by Crippen LogP contribution is 2.48. The van der Waals surface area contributed by atoms with Gasteiger partial charge >= 0.3 is 0 Å². The molecular formula is C28H28BrN3O5. The van der Waals surface area contributed by atoms with E-state index >= 15 is 0 Å². The van der Waals surface area contributed by atoms with Crippen LogP contribution in [0, 0.1) is 33.3 Å². The molecule has 0 saturated heterocycles. The normalized spacial score (nSPS) is 21.1. The van der Waals surface area contributed by atoms with Gasteiger partial charge in [-0.05, 0) is 65.4 Å². The number of allylic oxidation sites excluding steroid dienone is 2. The molecule has 37 heavy (non-hydrogen) atoms. The molecule has 0 aromatic heterocycles. The number of nitriles is 1. The first kappa shape index (κ1) is 26.6. The number of ether oxygens (including phenoxy) is 2. The molecule has 0 N–H and O–H groups in total. The van der Waals surface area contributed by atoms with Crippen molar-refractivity contribution in [2.45, 2.75) is 52.1 Å². The standard InChI is InChI=1S/C28H28BrN3O5/c1-4-7-17-10-22-27(24(33)11-17)26(20(14-30)16(2)31-22)19-12-21(29)28(25(13-19)36-3)37-15-18-8-5-6-9-23(18)32(34)35/h5-6,8-9,12-13,17,20,26H,4,7,10-11,15H2,1-3H3. The third-order valence-electron chi connectivity index (χ3n) is 6.98. The minimum atomic E-state index is -0.583. The Labute approximate surface area is 224 Å². The van der Waals surface area contributed by atoms with E-state index in [0.717, 1.165) is 30.5 Å². The van der Waals surface area contributed by atoms with Crippen LogP contribution in [0.4, 0.5) is 5.69 Å². The summed E-state index contributed by atoms with van der Waals surface area (Å²) in [4.78, 5) is 29.0. The number of nitrogens with zero attached hydrogens (tertiary/aromatic N) is 3. The Bertz CT molecular complexity index is 1340. The highest BCUT2D eigenvalue weighted by molar-refractivity contribution is 9.10. The topological polar surface area (TPSA) is 115 Å². The molecule has 2 aliphatic rings. The maximum atomic E-state index is 13.4. The predicted octanol–water partition coefficient (Wildman–Crippen LogP) is 6.68. The minimum absolute atomic E-state index is 0.0281. The third-order valence-corrected chi connectivity index (χ3v) is 7.57. The third kappa shape index (κ3) is 5.30. The van der Waals surface area contributed by atoms with Gasteiger partial charge in [-0.1, -0.05) is 25.5 Å². The summed E-state index contributed by atoms with van der Waals surface area (Å²) < 4.78 is 12.2. The van der Waals surface area contributed by atoms with Gasteiger partial charge in [-0.15, -0.1) is 0 Å². The molecule has 8 nitrogen and oxygen atoms in total. The second-order valence-corrected chi connectivity index (χ2v) is 10.2. The summed E-state index contributed by atoms with van der Waals surface area (Å²) >= 11 is 3.56. The van der Waals surface area contributed by atoms with Gasteiger partial charge in [-0.3, -0.25) is 19.9 Å². The van der Waals surface area contributed by atoms with Crippen molar-refractivity contribution in [2.24, 2.45) is 16.8 Å². The van der Waals surface area contributed by atoms with Gasteiger partial charge in [0.25, 0.3) is 5.69 Å². The van der Waals surface area contributed by atoms with Gasteiger partial charge in [0.15, 0.2) is 17.3 Å². The van der Waals surface area contributed by atoms with Crippen LogP contribution in [0.3, 0.4) is 0 Å². The van der Waals surface area contributed by atoms with E-state index in [0.29, 0.717) is 39.2 Å². The first-order valence-corrected chi connectivity index (χ1v) is 13.0. The number of Topliss-reactive ketones (excluding diaryl/α,β-unsaturated/α-hetero) is 1. The lowest BCUT2D eigenvalue weighted by molar-refractivity contribution is -0.385. The zero-order valence-corrected chi connectivity index (χ0v) is 22.6. The summed E-state index contributed by atoms with van der Waals surface area (Å²) in [6, 6.07) is 12.4. The zero-order chi connectivity index (χ0) is 26.7. The molecule has 0 bridgehead atoms.